The number of rotatable bonds is 7. The Kier molecular flexibility index (Phi) is 7.00. The van der Waals surface area contributed by atoms with Gasteiger partial charge in [0.15, 0.2) is 11.5 Å². The van der Waals surface area contributed by atoms with Crippen LogP contribution in [0.4, 0.5) is 6.01 Å². The van der Waals surface area contributed by atoms with Crippen molar-refractivity contribution in [2.75, 3.05) is 44.8 Å². The zero-order valence-corrected chi connectivity index (χ0v) is 20.2. The van der Waals surface area contributed by atoms with Crippen LogP contribution in [0.5, 0.6) is 11.5 Å². The quantitative estimate of drug-likeness (QED) is 0.490. The van der Waals surface area contributed by atoms with E-state index in [0.717, 1.165) is 31.5 Å². The van der Waals surface area contributed by atoms with E-state index >= 15 is 0 Å². The minimum Gasteiger partial charge on any atom is -0.493 e. The number of nitrogens with zero attached hydrogens (tertiary/aromatic N) is 4. The van der Waals surface area contributed by atoms with Gasteiger partial charge in [-0.2, -0.15) is 4.98 Å². The van der Waals surface area contributed by atoms with Gasteiger partial charge in [0.2, 0.25) is 5.82 Å². The third kappa shape index (κ3) is 4.89. The number of benzene rings is 2. The first-order valence-electron chi connectivity index (χ1n) is 12.4. The summed E-state index contributed by atoms with van der Waals surface area (Å²) >= 11 is 0. The lowest BCUT2D eigenvalue weighted by molar-refractivity contribution is 0.127. The number of hydrogen-bond acceptors (Lipinski definition) is 7. The highest BCUT2D eigenvalue weighted by molar-refractivity contribution is 5.61. The number of piperidine rings is 2. The van der Waals surface area contributed by atoms with Gasteiger partial charge < -0.3 is 18.9 Å². The number of ether oxygens (including phenoxy) is 2. The zero-order valence-electron chi connectivity index (χ0n) is 20.2. The van der Waals surface area contributed by atoms with Gasteiger partial charge in [0.25, 0.3) is 0 Å². The fraction of sp³-hybridized carbons (Fsp3) is 0.481. The molecule has 180 valence electrons. The van der Waals surface area contributed by atoms with E-state index in [2.05, 4.69) is 50.3 Å². The predicted octanol–water partition coefficient (Wildman–Crippen LogP) is 4.99. The van der Waals surface area contributed by atoms with E-state index in [4.69, 9.17) is 14.0 Å². The van der Waals surface area contributed by atoms with Crippen LogP contribution in [0, 0.1) is 0 Å². The van der Waals surface area contributed by atoms with E-state index < -0.39 is 0 Å². The van der Waals surface area contributed by atoms with Crippen molar-refractivity contribution in [1.29, 1.82) is 0 Å². The Morgan fingerprint density at radius 2 is 1.82 bits per heavy atom. The average Bonchev–Trinajstić information content (AvgIpc) is 3.40. The Morgan fingerprint density at radius 1 is 1.00 bits per heavy atom. The summed E-state index contributed by atoms with van der Waals surface area (Å²) < 4.78 is 16.7. The predicted molar refractivity (Wildman–Crippen MR) is 133 cm³/mol. The molecule has 2 fully saturated rings. The molecule has 0 radical (unpaired) electrons. The van der Waals surface area contributed by atoms with Gasteiger partial charge in [-0.1, -0.05) is 35.5 Å². The summed E-state index contributed by atoms with van der Waals surface area (Å²) in [5.41, 5.74) is 2.33. The molecule has 7 nitrogen and oxygen atoms in total. The first-order valence-corrected chi connectivity index (χ1v) is 12.4. The molecule has 0 spiro atoms. The minimum absolute atomic E-state index is 0.570. The number of likely N-dealkylation sites (tertiary alicyclic amines) is 1. The van der Waals surface area contributed by atoms with E-state index in [1.807, 2.05) is 25.1 Å². The fourth-order valence-corrected chi connectivity index (χ4v) is 5.30. The molecule has 2 aromatic carbocycles. The lowest BCUT2D eigenvalue weighted by Crippen LogP contribution is -2.48. The molecule has 34 heavy (non-hydrogen) atoms. The number of aromatic nitrogens is 2. The highest BCUT2D eigenvalue weighted by atomic mass is 16.5. The maximum atomic E-state index is 5.64. The van der Waals surface area contributed by atoms with Crippen molar-refractivity contribution in [3.8, 4) is 22.9 Å². The van der Waals surface area contributed by atoms with Gasteiger partial charge in [-0.05, 0) is 68.8 Å². The van der Waals surface area contributed by atoms with Crippen molar-refractivity contribution in [1.82, 2.24) is 15.0 Å². The maximum Gasteiger partial charge on any atom is 0.324 e. The Hall–Kier alpha value is -3.06. The van der Waals surface area contributed by atoms with Crippen molar-refractivity contribution in [3.05, 3.63) is 54.1 Å². The molecule has 2 saturated heterocycles. The van der Waals surface area contributed by atoms with E-state index in [1.165, 1.54) is 31.5 Å². The summed E-state index contributed by atoms with van der Waals surface area (Å²) in [6, 6.07) is 17.9. The van der Waals surface area contributed by atoms with Crippen LogP contribution in [0.3, 0.4) is 0 Å². The van der Waals surface area contributed by atoms with Gasteiger partial charge in [-0.3, -0.25) is 4.90 Å². The van der Waals surface area contributed by atoms with Crippen LogP contribution in [0.15, 0.2) is 53.1 Å². The van der Waals surface area contributed by atoms with Crippen LogP contribution < -0.4 is 14.4 Å². The van der Waals surface area contributed by atoms with Crippen molar-refractivity contribution in [3.63, 3.8) is 0 Å². The molecule has 1 aromatic heterocycles. The van der Waals surface area contributed by atoms with Gasteiger partial charge >= 0.3 is 6.01 Å². The Bertz CT molecular complexity index is 1060. The van der Waals surface area contributed by atoms with Crippen molar-refractivity contribution in [2.24, 2.45) is 0 Å². The molecule has 2 aliphatic rings. The smallest absolute Gasteiger partial charge is 0.324 e. The van der Waals surface area contributed by atoms with Gasteiger partial charge in [0.05, 0.1) is 13.7 Å². The monoisotopic (exact) mass is 462 g/mol. The second-order valence-corrected chi connectivity index (χ2v) is 9.16. The molecule has 0 amide bonds. The number of hydrogen-bond donors (Lipinski definition) is 0. The van der Waals surface area contributed by atoms with Crippen molar-refractivity contribution in [2.45, 2.75) is 44.6 Å². The Labute approximate surface area is 201 Å². The SMILES string of the molecule is CCOc1ccc(-c2noc(N3CCC(N4CCCC(c5ccccc5)C4)CC3)n2)cc1OC. The van der Waals surface area contributed by atoms with Crippen LogP contribution in [0.1, 0.15) is 44.1 Å². The van der Waals surface area contributed by atoms with E-state index in [0.29, 0.717) is 41.9 Å². The fourth-order valence-electron chi connectivity index (χ4n) is 5.30. The molecule has 3 heterocycles. The summed E-state index contributed by atoms with van der Waals surface area (Å²) in [5.74, 6) is 2.60. The maximum absolute atomic E-state index is 5.64. The standard InChI is InChI=1S/C27H34N4O3/c1-3-33-24-12-11-21(18-25(24)32-2)26-28-27(34-29-26)30-16-13-23(14-17-30)31-15-7-10-22(19-31)20-8-5-4-6-9-20/h4-6,8-9,11-12,18,22-23H,3,7,10,13-17,19H2,1-2H3. The van der Waals surface area contributed by atoms with Crippen molar-refractivity contribution >= 4 is 6.01 Å². The second kappa shape index (κ2) is 10.5. The van der Waals surface area contributed by atoms with Crippen LogP contribution in [0.2, 0.25) is 0 Å². The third-order valence-corrected chi connectivity index (χ3v) is 7.11. The topological polar surface area (TPSA) is 63.9 Å². The molecule has 1 atom stereocenters. The van der Waals surface area contributed by atoms with Gasteiger partial charge in [0, 0.05) is 31.2 Å². The van der Waals surface area contributed by atoms with Crippen LogP contribution in [-0.4, -0.2) is 61.0 Å². The molecular weight excluding hydrogens is 428 g/mol. The molecule has 1 unspecified atom stereocenters. The number of anilines is 1. The highest BCUT2D eigenvalue weighted by Crippen LogP contribution is 2.33. The summed E-state index contributed by atoms with van der Waals surface area (Å²) in [4.78, 5) is 9.61. The molecular formula is C27H34N4O3. The van der Waals surface area contributed by atoms with E-state index in [-0.39, 0.29) is 0 Å². The molecule has 0 aliphatic carbocycles. The van der Waals surface area contributed by atoms with Crippen LogP contribution in [0.25, 0.3) is 11.4 Å². The van der Waals surface area contributed by atoms with E-state index in [9.17, 15) is 0 Å². The minimum atomic E-state index is 0.570. The molecule has 0 saturated carbocycles. The summed E-state index contributed by atoms with van der Waals surface area (Å²) in [7, 11) is 1.64. The summed E-state index contributed by atoms with van der Waals surface area (Å²) in [5, 5.41) is 4.23. The average molecular weight is 463 g/mol. The number of methoxy groups -OCH3 is 1. The second-order valence-electron chi connectivity index (χ2n) is 9.16. The summed E-state index contributed by atoms with van der Waals surface area (Å²) in [6.45, 7) is 6.78. The van der Waals surface area contributed by atoms with Crippen LogP contribution >= 0.6 is 0 Å². The lowest BCUT2D eigenvalue weighted by atomic mass is 9.89. The first-order chi connectivity index (χ1) is 16.7. The van der Waals surface area contributed by atoms with Crippen molar-refractivity contribution < 1.29 is 14.0 Å². The van der Waals surface area contributed by atoms with Gasteiger partial charge in [-0.25, -0.2) is 0 Å². The normalized spacial score (nSPS) is 19.8. The molecule has 2 aliphatic heterocycles. The summed E-state index contributed by atoms with van der Waals surface area (Å²) in [6.07, 6.45) is 4.81. The molecule has 0 N–H and O–H groups in total. The zero-order chi connectivity index (χ0) is 23.3. The molecule has 7 heteroatoms. The van der Waals surface area contributed by atoms with E-state index in [1.54, 1.807) is 7.11 Å². The Morgan fingerprint density at radius 3 is 2.59 bits per heavy atom. The largest absolute Gasteiger partial charge is 0.493 e. The molecule has 5 rings (SSSR count). The van der Waals surface area contributed by atoms with Gasteiger partial charge in [0.1, 0.15) is 0 Å². The third-order valence-electron chi connectivity index (χ3n) is 7.11. The first kappa shape index (κ1) is 22.7. The Balaban J connectivity index is 1.20. The molecule has 0 bridgehead atoms. The highest BCUT2D eigenvalue weighted by Gasteiger charge is 2.30. The van der Waals surface area contributed by atoms with Crippen LogP contribution in [-0.2, 0) is 0 Å². The lowest BCUT2D eigenvalue weighted by Gasteiger charge is -2.42. The molecule has 3 aromatic rings. The van der Waals surface area contributed by atoms with Gasteiger partial charge in [-0.15, -0.1) is 0 Å².